The third kappa shape index (κ3) is 3.87. The molecular formula is C18H20F2O5. The Kier molecular flexibility index (Phi) is 5.56. The molecule has 0 aliphatic rings. The molecular weight excluding hydrogens is 334 g/mol. The quantitative estimate of drug-likeness (QED) is 0.820. The van der Waals surface area contributed by atoms with E-state index in [1.807, 2.05) is 0 Å². The lowest BCUT2D eigenvalue weighted by molar-refractivity contribution is -0.00430. The maximum atomic E-state index is 14.8. The van der Waals surface area contributed by atoms with E-state index in [4.69, 9.17) is 18.9 Å². The van der Waals surface area contributed by atoms with E-state index in [1.165, 1.54) is 58.8 Å². The fourth-order valence-electron chi connectivity index (χ4n) is 2.50. The van der Waals surface area contributed by atoms with E-state index < -0.39 is 12.3 Å². The molecule has 0 unspecified atom stereocenters. The van der Waals surface area contributed by atoms with Crippen molar-refractivity contribution in [1.29, 1.82) is 0 Å². The molecule has 0 fully saturated rings. The highest BCUT2D eigenvalue weighted by molar-refractivity contribution is 5.55. The molecule has 2 rings (SSSR count). The fraction of sp³-hybridized carbons (Fsp3) is 0.333. The second-order valence-electron chi connectivity index (χ2n) is 5.30. The molecule has 2 aromatic carbocycles. The van der Waals surface area contributed by atoms with Crippen LogP contribution in [-0.2, 0) is 12.3 Å². The van der Waals surface area contributed by atoms with Crippen molar-refractivity contribution in [3.63, 3.8) is 0 Å². The van der Waals surface area contributed by atoms with Crippen LogP contribution < -0.4 is 18.9 Å². The molecule has 0 heterocycles. The van der Waals surface area contributed by atoms with Gasteiger partial charge in [-0.3, -0.25) is 0 Å². The normalized spacial score (nSPS) is 11.1. The number of benzene rings is 2. The first-order valence-corrected chi connectivity index (χ1v) is 7.40. The highest BCUT2D eigenvalue weighted by Crippen LogP contribution is 2.43. The van der Waals surface area contributed by atoms with Gasteiger partial charge in [0.05, 0.1) is 28.4 Å². The lowest BCUT2D eigenvalue weighted by atomic mass is 9.99. The van der Waals surface area contributed by atoms with Crippen LogP contribution in [0.4, 0.5) is 8.78 Å². The summed E-state index contributed by atoms with van der Waals surface area (Å²) in [4.78, 5) is 0. The zero-order valence-electron chi connectivity index (χ0n) is 14.4. The molecule has 0 bridgehead atoms. The Hall–Kier alpha value is -2.70. The van der Waals surface area contributed by atoms with Crippen LogP contribution in [0.1, 0.15) is 11.1 Å². The van der Waals surface area contributed by atoms with Gasteiger partial charge < -0.3 is 24.1 Å². The Morgan fingerprint density at radius 2 is 1.40 bits per heavy atom. The topological polar surface area (TPSA) is 57.2 Å². The number of aromatic hydroxyl groups is 1. The van der Waals surface area contributed by atoms with Crippen molar-refractivity contribution in [3.05, 3.63) is 41.5 Å². The number of phenols is 1. The Bertz CT molecular complexity index is 721. The third-order valence-corrected chi connectivity index (χ3v) is 3.76. The molecule has 0 aliphatic carbocycles. The third-order valence-electron chi connectivity index (χ3n) is 3.76. The molecule has 0 radical (unpaired) electrons. The van der Waals surface area contributed by atoms with Crippen LogP contribution in [0.25, 0.3) is 0 Å². The lowest BCUT2D eigenvalue weighted by Crippen LogP contribution is -2.17. The average Bonchev–Trinajstić information content (AvgIpc) is 2.60. The standard InChI is InChI=1S/C18H20F2O5/c1-22-14-6-5-11(7-13(14)21)10-18(19,20)12-8-15(23-2)17(25-4)16(9-12)24-3/h5-9,21H,10H2,1-4H3. The van der Waals surface area contributed by atoms with Crippen LogP contribution in [0.5, 0.6) is 28.7 Å². The highest BCUT2D eigenvalue weighted by Gasteiger charge is 2.34. The number of rotatable bonds is 7. The van der Waals surface area contributed by atoms with Gasteiger partial charge in [-0.15, -0.1) is 0 Å². The Labute approximate surface area is 144 Å². The number of phenolic OH excluding ortho intramolecular Hbond substituents is 1. The predicted octanol–water partition coefficient (Wildman–Crippen LogP) is 3.76. The van der Waals surface area contributed by atoms with Crippen molar-refractivity contribution >= 4 is 0 Å². The smallest absolute Gasteiger partial charge is 0.277 e. The van der Waals surface area contributed by atoms with Crippen LogP contribution in [0, 0.1) is 0 Å². The van der Waals surface area contributed by atoms with E-state index in [1.54, 1.807) is 0 Å². The first kappa shape index (κ1) is 18.6. The predicted molar refractivity (Wildman–Crippen MR) is 88.4 cm³/mol. The number of hydrogen-bond acceptors (Lipinski definition) is 5. The highest BCUT2D eigenvalue weighted by atomic mass is 19.3. The van der Waals surface area contributed by atoms with Gasteiger partial charge >= 0.3 is 0 Å². The molecule has 0 aliphatic heterocycles. The molecule has 7 heteroatoms. The Morgan fingerprint density at radius 1 is 0.840 bits per heavy atom. The molecule has 0 atom stereocenters. The van der Waals surface area contributed by atoms with Crippen LogP contribution in [0.2, 0.25) is 0 Å². The summed E-state index contributed by atoms with van der Waals surface area (Å²) in [6.07, 6.45) is -0.608. The summed E-state index contributed by atoms with van der Waals surface area (Å²) in [6.45, 7) is 0. The van der Waals surface area contributed by atoms with Crippen molar-refractivity contribution in [2.24, 2.45) is 0 Å². The van der Waals surface area contributed by atoms with Crippen LogP contribution in [0.15, 0.2) is 30.3 Å². The first-order valence-electron chi connectivity index (χ1n) is 7.40. The maximum Gasteiger partial charge on any atom is 0.277 e. The minimum atomic E-state index is -3.21. The zero-order valence-corrected chi connectivity index (χ0v) is 14.4. The SMILES string of the molecule is COc1ccc(CC(F)(F)c2cc(OC)c(OC)c(OC)c2)cc1O. The summed E-state index contributed by atoms with van der Waals surface area (Å²) < 4.78 is 49.8. The average molecular weight is 354 g/mol. The molecule has 0 spiro atoms. The summed E-state index contributed by atoms with van der Waals surface area (Å²) in [5, 5.41) is 9.76. The second kappa shape index (κ2) is 7.46. The number of hydrogen-bond donors (Lipinski definition) is 1. The van der Waals surface area contributed by atoms with E-state index in [9.17, 15) is 13.9 Å². The van der Waals surface area contributed by atoms with Crippen molar-refractivity contribution in [3.8, 4) is 28.7 Å². The number of alkyl halides is 2. The molecule has 0 aromatic heterocycles. The van der Waals surface area contributed by atoms with Crippen LogP contribution in [0.3, 0.4) is 0 Å². The fourth-order valence-corrected chi connectivity index (χ4v) is 2.50. The van der Waals surface area contributed by atoms with Crippen molar-refractivity contribution in [1.82, 2.24) is 0 Å². The molecule has 2 aromatic rings. The molecule has 5 nitrogen and oxygen atoms in total. The van der Waals surface area contributed by atoms with Gasteiger partial charge in [-0.25, -0.2) is 8.78 Å². The lowest BCUT2D eigenvalue weighted by Gasteiger charge is -2.20. The molecule has 25 heavy (non-hydrogen) atoms. The van der Waals surface area contributed by atoms with E-state index in [-0.39, 0.29) is 39.9 Å². The zero-order chi connectivity index (χ0) is 18.6. The van der Waals surface area contributed by atoms with Crippen LogP contribution >= 0.6 is 0 Å². The van der Waals surface area contributed by atoms with Gasteiger partial charge in [-0.2, -0.15) is 0 Å². The van der Waals surface area contributed by atoms with E-state index >= 15 is 0 Å². The number of ether oxygens (including phenoxy) is 4. The minimum absolute atomic E-state index is 0.147. The summed E-state index contributed by atoms with van der Waals surface area (Å²) in [5.41, 5.74) is -0.0191. The summed E-state index contributed by atoms with van der Waals surface area (Å²) in [6, 6.07) is 6.60. The molecule has 0 saturated heterocycles. The van der Waals surface area contributed by atoms with E-state index in [0.29, 0.717) is 0 Å². The van der Waals surface area contributed by atoms with E-state index in [2.05, 4.69) is 0 Å². The van der Waals surface area contributed by atoms with Gasteiger partial charge in [0.25, 0.3) is 5.92 Å². The summed E-state index contributed by atoms with van der Waals surface area (Å²) >= 11 is 0. The van der Waals surface area contributed by atoms with Crippen molar-refractivity contribution in [2.45, 2.75) is 12.3 Å². The van der Waals surface area contributed by atoms with Gasteiger partial charge in [0.2, 0.25) is 5.75 Å². The Morgan fingerprint density at radius 3 is 1.84 bits per heavy atom. The maximum absolute atomic E-state index is 14.8. The van der Waals surface area contributed by atoms with Crippen molar-refractivity contribution < 1.29 is 32.8 Å². The molecule has 1 N–H and O–H groups in total. The van der Waals surface area contributed by atoms with E-state index in [0.717, 1.165) is 0 Å². The monoisotopic (exact) mass is 354 g/mol. The van der Waals surface area contributed by atoms with Gasteiger partial charge in [-0.05, 0) is 29.8 Å². The molecule has 136 valence electrons. The Balaban J connectivity index is 2.40. The number of methoxy groups -OCH3 is 4. The summed E-state index contributed by atoms with van der Waals surface area (Å²) in [7, 11) is 5.51. The summed E-state index contributed by atoms with van der Waals surface area (Å²) in [5.74, 6) is -2.65. The molecule has 0 amide bonds. The van der Waals surface area contributed by atoms with Gasteiger partial charge in [0, 0.05) is 12.0 Å². The van der Waals surface area contributed by atoms with Gasteiger partial charge in [0.1, 0.15) is 0 Å². The largest absolute Gasteiger partial charge is 0.504 e. The van der Waals surface area contributed by atoms with Crippen LogP contribution in [-0.4, -0.2) is 33.5 Å². The van der Waals surface area contributed by atoms with Gasteiger partial charge in [-0.1, -0.05) is 6.07 Å². The molecule has 0 saturated carbocycles. The van der Waals surface area contributed by atoms with Crippen molar-refractivity contribution in [2.75, 3.05) is 28.4 Å². The minimum Gasteiger partial charge on any atom is -0.504 e. The first-order chi connectivity index (χ1) is 11.9. The van der Waals surface area contributed by atoms with Gasteiger partial charge in [0.15, 0.2) is 23.0 Å². The second-order valence-corrected chi connectivity index (χ2v) is 5.30. The number of halogens is 2.